The van der Waals surface area contributed by atoms with Crippen LogP contribution >= 0.6 is 0 Å². The molecule has 1 fully saturated rings. The van der Waals surface area contributed by atoms with Crippen LogP contribution in [0.25, 0.3) is 22.4 Å². The number of aryl methyl sites for hydroxylation is 1. The van der Waals surface area contributed by atoms with Crippen molar-refractivity contribution >= 4 is 17.0 Å². The second kappa shape index (κ2) is 7.71. The Labute approximate surface area is 156 Å². The molecule has 1 saturated heterocycles. The van der Waals surface area contributed by atoms with Crippen LogP contribution in [0.1, 0.15) is 12.7 Å². The molecule has 27 heavy (non-hydrogen) atoms. The van der Waals surface area contributed by atoms with Crippen LogP contribution in [0, 0.1) is 0 Å². The number of nitrogens with zero attached hydrogens (tertiary/aromatic N) is 4. The van der Waals surface area contributed by atoms with E-state index in [1.54, 1.807) is 4.90 Å². The van der Waals surface area contributed by atoms with E-state index in [2.05, 4.69) is 15.1 Å². The van der Waals surface area contributed by atoms with Crippen LogP contribution in [0.15, 0.2) is 34.9 Å². The maximum Gasteiger partial charge on any atom is 0.265 e. The SMILES string of the molecule is CCc1nc(OCC(=O)N2CCOCC2)c2c(-c3ccccc3)noc2n1. The molecule has 1 aliphatic rings. The molecule has 0 atom stereocenters. The fraction of sp³-hybridized carbons (Fsp3) is 0.368. The van der Waals surface area contributed by atoms with Crippen molar-refractivity contribution in [3.8, 4) is 17.1 Å². The lowest BCUT2D eigenvalue weighted by Crippen LogP contribution is -2.43. The first-order valence-electron chi connectivity index (χ1n) is 8.96. The van der Waals surface area contributed by atoms with Crippen molar-refractivity contribution < 1.29 is 18.8 Å². The maximum absolute atomic E-state index is 12.4. The molecule has 0 saturated carbocycles. The van der Waals surface area contributed by atoms with Gasteiger partial charge in [0, 0.05) is 25.1 Å². The molecular formula is C19H20N4O4. The van der Waals surface area contributed by atoms with Gasteiger partial charge in [-0.2, -0.15) is 9.97 Å². The summed E-state index contributed by atoms with van der Waals surface area (Å²) >= 11 is 0. The van der Waals surface area contributed by atoms with E-state index in [0.29, 0.717) is 61.2 Å². The van der Waals surface area contributed by atoms with Gasteiger partial charge in [-0.25, -0.2) is 0 Å². The van der Waals surface area contributed by atoms with Crippen molar-refractivity contribution in [2.45, 2.75) is 13.3 Å². The standard InChI is InChI=1S/C19H20N4O4/c1-2-14-20-18(26-12-15(24)23-8-10-25-11-9-23)16-17(22-27-19(16)21-14)13-6-4-3-5-7-13/h3-7H,2,8-12H2,1H3. The molecule has 0 aliphatic carbocycles. The minimum Gasteiger partial charge on any atom is -0.467 e. The van der Waals surface area contributed by atoms with E-state index < -0.39 is 0 Å². The van der Waals surface area contributed by atoms with Crippen LogP contribution in [0.4, 0.5) is 0 Å². The third-order valence-electron chi connectivity index (χ3n) is 4.41. The Balaban J connectivity index is 1.65. The molecule has 8 heteroatoms. The zero-order chi connectivity index (χ0) is 18.6. The fourth-order valence-corrected chi connectivity index (χ4v) is 2.96. The maximum atomic E-state index is 12.4. The molecule has 4 rings (SSSR count). The number of hydrogen-bond donors (Lipinski definition) is 0. The lowest BCUT2D eigenvalue weighted by molar-refractivity contribution is -0.137. The van der Waals surface area contributed by atoms with Gasteiger partial charge in [-0.3, -0.25) is 4.79 Å². The summed E-state index contributed by atoms with van der Waals surface area (Å²) in [6.45, 7) is 4.09. The minimum atomic E-state index is -0.103. The molecule has 0 bridgehead atoms. The number of amides is 1. The number of morpholine rings is 1. The highest BCUT2D eigenvalue weighted by Gasteiger charge is 2.22. The lowest BCUT2D eigenvalue weighted by atomic mass is 10.1. The van der Waals surface area contributed by atoms with Crippen LogP contribution in [-0.2, 0) is 16.0 Å². The van der Waals surface area contributed by atoms with E-state index >= 15 is 0 Å². The summed E-state index contributed by atoms with van der Waals surface area (Å²) in [7, 11) is 0. The Morgan fingerprint density at radius 2 is 1.96 bits per heavy atom. The predicted molar refractivity (Wildman–Crippen MR) is 97.3 cm³/mol. The Kier molecular flexibility index (Phi) is 4.97. The lowest BCUT2D eigenvalue weighted by Gasteiger charge is -2.26. The van der Waals surface area contributed by atoms with E-state index in [1.165, 1.54) is 0 Å². The summed E-state index contributed by atoms with van der Waals surface area (Å²) in [6, 6.07) is 9.61. The third-order valence-corrected chi connectivity index (χ3v) is 4.41. The number of carbonyl (C=O) groups excluding carboxylic acids is 1. The van der Waals surface area contributed by atoms with Gasteiger partial charge in [-0.1, -0.05) is 42.4 Å². The van der Waals surface area contributed by atoms with Crippen LogP contribution in [0.3, 0.4) is 0 Å². The van der Waals surface area contributed by atoms with Crippen molar-refractivity contribution in [2.24, 2.45) is 0 Å². The Bertz CT molecular complexity index is 936. The summed E-state index contributed by atoms with van der Waals surface area (Å²) in [5.41, 5.74) is 1.82. The number of ether oxygens (including phenoxy) is 2. The monoisotopic (exact) mass is 368 g/mol. The van der Waals surface area contributed by atoms with Crippen LogP contribution in [-0.4, -0.2) is 58.8 Å². The summed E-state index contributed by atoms with van der Waals surface area (Å²) < 4.78 is 16.5. The zero-order valence-corrected chi connectivity index (χ0v) is 15.1. The molecular weight excluding hydrogens is 348 g/mol. The van der Waals surface area contributed by atoms with Gasteiger partial charge < -0.3 is 18.9 Å². The van der Waals surface area contributed by atoms with E-state index in [4.69, 9.17) is 14.0 Å². The van der Waals surface area contributed by atoms with Crippen molar-refractivity contribution in [1.82, 2.24) is 20.0 Å². The van der Waals surface area contributed by atoms with Gasteiger partial charge in [-0.15, -0.1) is 0 Å². The van der Waals surface area contributed by atoms with Crippen molar-refractivity contribution in [3.63, 3.8) is 0 Å². The molecule has 0 N–H and O–H groups in total. The van der Waals surface area contributed by atoms with E-state index in [-0.39, 0.29) is 12.5 Å². The first kappa shape index (κ1) is 17.4. The van der Waals surface area contributed by atoms with Gasteiger partial charge in [-0.05, 0) is 0 Å². The molecule has 2 aromatic heterocycles. The van der Waals surface area contributed by atoms with Gasteiger partial charge in [0.15, 0.2) is 6.61 Å². The van der Waals surface area contributed by atoms with E-state index in [9.17, 15) is 4.79 Å². The average molecular weight is 368 g/mol. The van der Waals surface area contributed by atoms with Gasteiger partial charge in [0.1, 0.15) is 16.9 Å². The quantitative estimate of drug-likeness (QED) is 0.681. The Morgan fingerprint density at radius 3 is 2.70 bits per heavy atom. The van der Waals surface area contributed by atoms with Gasteiger partial charge in [0.25, 0.3) is 11.6 Å². The van der Waals surface area contributed by atoms with Crippen LogP contribution in [0.2, 0.25) is 0 Å². The van der Waals surface area contributed by atoms with E-state index in [1.807, 2.05) is 37.3 Å². The Morgan fingerprint density at radius 1 is 1.19 bits per heavy atom. The molecule has 3 heterocycles. The second-order valence-corrected chi connectivity index (χ2v) is 6.16. The molecule has 1 aromatic carbocycles. The molecule has 3 aromatic rings. The first-order chi connectivity index (χ1) is 13.3. The molecule has 1 amide bonds. The summed E-state index contributed by atoms with van der Waals surface area (Å²) in [4.78, 5) is 23.0. The Hall–Kier alpha value is -3.00. The van der Waals surface area contributed by atoms with Gasteiger partial charge >= 0.3 is 0 Å². The highest BCUT2D eigenvalue weighted by Crippen LogP contribution is 2.33. The minimum absolute atomic E-state index is 0.0965. The van der Waals surface area contributed by atoms with Gasteiger partial charge in [0.05, 0.1) is 13.2 Å². The third kappa shape index (κ3) is 3.61. The number of benzene rings is 1. The number of aromatic nitrogens is 3. The van der Waals surface area contributed by atoms with Crippen LogP contribution < -0.4 is 4.74 Å². The highest BCUT2D eigenvalue weighted by molar-refractivity contribution is 5.93. The first-order valence-corrected chi connectivity index (χ1v) is 8.96. The second-order valence-electron chi connectivity index (χ2n) is 6.16. The van der Waals surface area contributed by atoms with E-state index in [0.717, 1.165) is 5.56 Å². The number of fused-ring (bicyclic) bond motifs is 1. The summed E-state index contributed by atoms with van der Waals surface area (Å²) in [5, 5.41) is 4.73. The molecule has 0 unspecified atom stereocenters. The van der Waals surface area contributed by atoms with Crippen molar-refractivity contribution in [3.05, 3.63) is 36.2 Å². The fourth-order valence-electron chi connectivity index (χ4n) is 2.96. The number of hydrogen-bond acceptors (Lipinski definition) is 7. The molecule has 0 spiro atoms. The number of carbonyl (C=O) groups is 1. The summed E-state index contributed by atoms with van der Waals surface area (Å²) in [6.07, 6.45) is 0.616. The smallest absolute Gasteiger partial charge is 0.265 e. The predicted octanol–water partition coefficient (Wildman–Crippen LogP) is 2.08. The normalized spacial score (nSPS) is 14.5. The topological polar surface area (TPSA) is 90.6 Å². The average Bonchev–Trinajstić information content (AvgIpc) is 3.17. The number of rotatable bonds is 5. The zero-order valence-electron chi connectivity index (χ0n) is 15.1. The van der Waals surface area contributed by atoms with Crippen molar-refractivity contribution in [1.29, 1.82) is 0 Å². The molecule has 0 radical (unpaired) electrons. The molecule has 8 nitrogen and oxygen atoms in total. The summed E-state index contributed by atoms with van der Waals surface area (Å²) in [5.74, 6) is 0.798. The van der Waals surface area contributed by atoms with Gasteiger partial charge in [0.2, 0.25) is 5.88 Å². The highest BCUT2D eigenvalue weighted by atomic mass is 16.5. The van der Waals surface area contributed by atoms with Crippen molar-refractivity contribution in [2.75, 3.05) is 32.9 Å². The van der Waals surface area contributed by atoms with Crippen LogP contribution in [0.5, 0.6) is 5.88 Å². The molecule has 140 valence electrons. The largest absolute Gasteiger partial charge is 0.467 e. The molecule has 1 aliphatic heterocycles.